The van der Waals surface area contributed by atoms with Gasteiger partial charge in [-0.2, -0.15) is 0 Å². The van der Waals surface area contributed by atoms with E-state index in [0.717, 1.165) is 23.5 Å². The molecule has 3 rings (SSSR count). The molecular formula is C20H22N2O3S. The number of furan rings is 1. The first-order chi connectivity index (χ1) is 12.8. The number of hydrogen-bond acceptors (Lipinski definition) is 4. The summed E-state index contributed by atoms with van der Waals surface area (Å²) in [4.78, 5) is 13.3. The minimum atomic E-state index is -0.174. The highest BCUT2D eigenvalue weighted by atomic mass is 32.1. The maximum absolute atomic E-state index is 12.1. The van der Waals surface area contributed by atoms with Crippen LogP contribution in [-0.4, -0.2) is 26.2 Å². The van der Waals surface area contributed by atoms with E-state index >= 15 is 0 Å². The van der Waals surface area contributed by atoms with Crippen LogP contribution in [0.2, 0.25) is 0 Å². The predicted molar refractivity (Wildman–Crippen MR) is 103 cm³/mol. The van der Waals surface area contributed by atoms with Gasteiger partial charge in [0.15, 0.2) is 0 Å². The second-order valence-electron chi connectivity index (χ2n) is 5.82. The third kappa shape index (κ3) is 4.89. The van der Waals surface area contributed by atoms with Crippen LogP contribution in [0.3, 0.4) is 0 Å². The van der Waals surface area contributed by atoms with Crippen LogP contribution >= 0.6 is 11.3 Å². The quantitative estimate of drug-likeness (QED) is 0.629. The van der Waals surface area contributed by atoms with Crippen molar-refractivity contribution in [1.29, 1.82) is 0 Å². The van der Waals surface area contributed by atoms with E-state index in [1.165, 1.54) is 4.88 Å². The number of amides is 2. The Balaban J connectivity index is 1.46. The largest absolute Gasteiger partial charge is 0.497 e. The van der Waals surface area contributed by atoms with Crippen LogP contribution in [0.5, 0.6) is 5.75 Å². The number of hydrogen-bond donors (Lipinski definition) is 2. The standard InChI is InChI=1S/C20H22N2O3S/c1-24-16-8-6-15(7-9-16)10-11-21-20(23)22-14-17(18-4-2-12-25-18)19-5-3-13-26-19/h2-9,12-13,17H,10-11,14H2,1H3,(H2,21,22,23). The molecule has 136 valence electrons. The molecule has 0 saturated carbocycles. The first-order valence-corrected chi connectivity index (χ1v) is 9.35. The number of rotatable bonds is 8. The minimum Gasteiger partial charge on any atom is -0.497 e. The van der Waals surface area contributed by atoms with E-state index in [-0.39, 0.29) is 11.9 Å². The molecule has 0 fully saturated rings. The molecule has 0 spiro atoms. The molecule has 2 aromatic heterocycles. The van der Waals surface area contributed by atoms with Crippen molar-refractivity contribution < 1.29 is 13.9 Å². The van der Waals surface area contributed by atoms with Crippen LogP contribution in [0, 0.1) is 0 Å². The number of urea groups is 1. The fourth-order valence-electron chi connectivity index (χ4n) is 2.69. The lowest BCUT2D eigenvalue weighted by molar-refractivity contribution is 0.240. The van der Waals surface area contributed by atoms with Gasteiger partial charge in [-0.05, 0) is 47.7 Å². The molecule has 1 unspecified atom stereocenters. The molecule has 0 aliphatic carbocycles. The molecule has 0 saturated heterocycles. The van der Waals surface area contributed by atoms with Crippen molar-refractivity contribution in [3.63, 3.8) is 0 Å². The van der Waals surface area contributed by atoms with Gasteiger partial charge in [0.05, 0.1) is 19.3 Å². The van der Waals surface area contributed by atoms with Gasteiger partial charge in [0.25, 0.3) is 0 Å². The number of ether oxygens (including phenoxy) is 1. The van der Waals surface area contributed by atoms with Crippen molar-refractivity contribution >= 4 is 17.4 Å². The molecule has 3 aromatic rings. The van der Waals surface area contributed by atoms with Crippen molar-refractivity contribution in [2.75, 3.05) is 20.2 Å². The fraction of sp³-hybridized carbons (Fsp3) is 0.250. The summed E-state index contributed by atoms with van der Waals surface area (Å²) in [6, 6.07) is 15.5. The Morgan fingerprint density at radius 3 is 2.65 bits per heavy atom. The predicted octanol–water partition coefficient (Wildman–Crippen LogP) is 4.02. The summed E-state index contributed by atoms with van der Waals surface area (Å²) in [5, 5.41) is 7.87. The molecule has 0 bridgehead atoms. The summed E-state index contributed by atoms with van der Waals surface area (Å²) in [5.41, 5.74) is 1.15. The number of carbonyl (C=O) groups excluding carboxylic acids is 1. The second-order valence-corrected chi connectivity index (χ2v) is 6.80. The molecule has 0 aliphatic rings. The lowest BCUT2D eigenvalue weighted by Crippen LogP contribution is -2.38. The van der Waals surface area contributed by atoms with E-state index in [1.807, 2.05) is 47.8 Å². The normalized spacial score (nSPS) is 11.7. The molecule has 6 heteroatoms. The van der Waals surface area contributed by atoms with Gasteiger partial charge >= 0.3 is 6.03 Å². The summed E-state index contributed by atoms with van der Waals surface area (Å²) in [7, 11) is 1.65. The van der Waals surface area contributed by atoms with Crippen molar-refractivity contribution in [2.24, 2.45) is 0 Å². The molecule has 0 radical (unpaired) electrons. The molecule has 2 amide bonds. The van der Waals surface area contributed by atoms with Crippen molar-refractivity contribution in [3.05, 3.63) is 76.4 Å². The zero-order chi connectivity index (χ0) is 18.2. The van der Waals surface area contributed by atoms with Crippen LogP contribution in [0.25, 0.3) is 0 Å². The van der Waals surface area contributed by atoms with Crippen molar-refractivity contribution in [3.8, 4) is 5.75 Å². The number of thiophene rings is 1. The Morgan fingerprint density at radius 2 is 2.00 bits per heavy atom. The Labute approximate surface area is 157 Å². The molecular weight excluding hydrogens is 348 g/mol. The van der Waals surface area contributed by atoms with Gasteiger partial charge in [-0.15, -0.1) is 11.3 Å². The SMILES string of the molecule is COc1ccc(CCNC(=O)NCC(c2ccco2)c2cccs2)cc1. The summed E-state index contributed by atoms with van der Waals surface area (Å²) in [6.45, 7) is 1.06. The number of benzene rings is 1. The molecule has 2 heterocycles. The summed E-state index contributed by atoms with van der Waals surface area (Å²) < 4.78 is 10.7. The highest BCUT2D eigenvalue weighted by Gasteiger charge is 2.18. The summed E-state index contributed by atoms with van der Waals surface area (Å²) in [6.07, 6.45) is 2.43. The van der Waals surface area contributed by atoms with Crippen LogP contribution in [0.15, 0.2) is 64.6 Å². The van der Waals surface area contributed by atoms with E-state index in [9.17, 15) is 4.79 Å². The van der Waals surface area contributed by atoms with Gasteiger partial charge < -0.3 is 19.8 Å². The highest BCUT2D eigenvalue weighted by Crippen LogP contribution is 2.28. The van der Waals surface area contributed by atoms with Crippen LogP contribution in [0.1, 0.15) is 22.1 Å². The van der Waals surface area contributed by atoms with Crippen molar-refractivity contribution in [2.45, 2.75) is 12.3 Å². The molecule has 26 heavy (non-hydrogen) atoms. The smallest absolute Gasteiger partial charge is 0.314 e. The first kappa shape index (κ1) is 18.1. The van der Waals surface area contributed by atoms with E-state index in [2.05, 4.69) is 16.7 Å². The van der Waals surface area contributed by atoms with E-state index < -0.39 is 0 Å². The van der Waals surface area contributed by atoms with Gasteiger partial charge in [0, 0.05) is 18.0 Å². The average Bonchev–Trinajstić information content (AvgIpc) is 3.37. The molecule has 2 N–H and O–H groups in total. The number of carbonyl (C=O) groups is 1. The molecule has 1 atom stereocenters. The summed E-state index contributed by atoms with van der Waals surface area (Å²) >= 11 is 1.66. The topological polar surface area (TPSA) is 63.5 Å². The van der Waals surface area contributed by atoms with Crippen LogP contribution < -0.4 is 15.4 Å². The zero-order valence-electron chi connectivity index (χ0n) is 14.6. The van der Waals surface area contributed by atoms with Gasteiger partial charge in [0.2, 0.25) is 0 Å². The third-order valence-corrected chi connectivity index (χ3v) is 5.08. The Kier molecular flexibility index (Phi) is 6.33. The van der Waals surface area contributed by atoms with E-state index in [1.54, 1.807) is 24.7 Å². The fourth-order valence-corrected chi connectivity index (χ4v) is 3.53. The van der Waals surface area contributed by atoms with Gasteiger partial charge in [-0.3, -0.25) is 0 Å². The molecule has 1 aromatic carbocycles. The Morgan fingerprint density at radius 1 is 1.15 bits per heavy atom. The van der Waals surface area contributed by atoms with Crippen LogP contribution in [0.4, 0.5) is 4.79 Å². The number of nitrogens with one attached hydrogen (secondary N) is 2. The Bertz CT molecular complexity index is 749. The maximum Gasteiger partial charge on any atom is 0.314 e. The molecule has 5 nitrogen and oxygen atoms in total. The lowest BCUT2D eigenvalue weighted by Gasteiger charge is -2.14. The van der Waals surface area contributed by atoms with E-state index in [0.29, 0.717) is 13.1 Å². The lowest BCUT2D eigenvalue weighted by atomic mass is 10.1. The van der Waals surface area contributed by atoms with Gasteiger partial charge in [-0.1, -0.05) is 18.2 Å². The third-order valence-electron chi connectivity index (χ3n) is 4.10. The monoisotopic (exact) mass is 370 g/mol. The average molecular weight is 370 g/mol. The van der Waals surface area contributed by atoms with Gasteiger partial charge in [0.1, 0.15) is 11.5 Å². The maximum atomic E-state index is 12.1. The highest BCUT2D eigenvalue weighted by molar-refractivity contribution is 7.10. The zero-order valence-corrected chi connectivity index (χ0v) is 15.4. The molecule has 0 aliphatic heterocycles. The second kappa shape index (κ2) is 9.10. The van der Waals surface area contributed by atoms with Gasteiger partial charge in [-0.25, -0.2) is 4.79 Å². The minimum absolute atomic E-state index is 0.0253. The van der Waals surface area contributed by atoms with Crippen molar-refractivity contribution in [1.82, 2.24) is 10.6 Å². The summed E-state index contributed by atoms with van der Waals surface area (Å²) in [5.74, 6) is 1.71. The van der Waals surface area contributed by atoms with E-state index in [4.69, 9.17) is 9.15 Å². The Hall–Kier alpha value is -2.73. The first-order valence-electron chi connectivity index (χ1n) is 8.47. The number of methoxy groups -OCH3 is 1. The van der Waals surface area contributed by atoms with Crippen LogP contribution in [-0.2, 0) is 6.42 Å².